The van der Waals surface area contributed by atoms with Gasteiger partial charge in [-0.3, -0.25) is 14.9 Å². The van der Waals surface area contributed by atoms with Crippen molar-refractivity contribution in [1.82, 2.24) is 20.7 Å². The normalized spacial score (nSPS) is 19.9. The zero-order chi connectivity index (χ0) is 25.6. The molecule has 7 nitrogen and oxygen atoms in total. The molecule has 37 heavy (non-hydrogen) atoms. The first-order valence-corrected chi connectivity index (χ1v) is 12.9. The highest BCUT2D eigenvalue weighted by molar-refractivity contribution is 5.92. The molecule has 2 unspecified atom stereocenters. The van der Waals surface area contributed by atoms with Crippen molar-refractivity contribution in [2.24, 2.45) is 5.92 Å². The van der Waals surface area contributed by atoms with Gasteiger partial charge in [0.25, 0.3) is 5.91 Å². The molecular formula is C29H33FN4O3. The monoisotopic (exact) mass is 504 g/mol. The van der Waals surface area contributed by atoms with Crippen LogP contribution in [-0.4, -0.2) is 59.8 Å². The number of pyridine rings is 1. The number of nitrogens with one attached hydrogen (secondary N) is 2. The highest BCUT2D eigenvalue weighted by atomic mass is 19.1. The van der Waals surface area contributed by atoms with Crippen LogP contribution in [0.3, 0.4) is 0 Å². The molecule has 0 spiro atoms. The minimum absolute atomic E-state index is 0.208. The van der Waals surface area contributed by atoms with Crippen LogP contribution in [0.25, 0.3) is 11.1 Å². The second-order valence-corrected chi connectivity index (χ2v) is 9.95. The first kappa shape index (κ1) is 25.3. The van der Waals surface area contributed by atoms with Gasteiger partial charge in [-0.1, -0.05) is 36.4 Å². The molecule has 1 aliphatic heterocycles. The van der Waals surface area contributed by atoms with Gasteiger partial charge in [0.1, 0.15) is 12.4 Å². The number of halogens is 1. The van der Waals surface area contributed by atoms with Crippen LogP contribution in [-0.2, 0) is 0 Å². The number of ether oxygens (including phenoxy) is 1. The van der Waals surface area contributed by atoms with Crippen molar-refractivity contribution in [3.05, 3.63) is 83.8 Å². The van der Waals surface area contributed by atoms with Crippen LogP contribution in [0, 0.1) is 11.7 Å². The highest BCUT2D eigenvalue weighted by Crippen LogP contribution is 2.41. The predicted octanol–water partition coefficient (Wildman–Crippen LogP) is 4.24. The maximum Gasteiger partial charge on any atom is 0.276 e. The molecule has 1 amide bonds. The molecular weight excluding hydrogens is 471 g/mol. The van der Waals surface area contributed by atoms with Gasteiger partial charge in [-0.2, -0.15) is 0 Å². The maximum atomic E-state index is 13.2. The van der Waals surface area contributed by atoms with Gasteiger partial charge in [-0.05, 0) is 79.7 Å². The van der Waals surface area contributed by atoms with Gasteiger partial charge in [0.05, 0.1) is 5.56 Å². The summed E-state index contributed by atoms with van der Waals surface area (Å²) in [5.74, 6) is 0.954. The maximum absolute atomic E-state index is 13.2. The molecule has 3 N–H and O–H groups in total. The SMILES string of the molecule is O=C(NO)c1ccc(OCCN2CCC(CNC3CC3c3ccc(-c4ccc(F)cc4)cc3)CC2)nc1. The topological polar surface area (TPSA) is 86.7 Å². The summed E-state index contributed by atoms with van der Waals surface area (Å²) >= 11 is 0. The number of nitrogens with zero attached hydrogens (tertiary/aromatic N) is 2. The number of carbonyl (C=O) groups is 1. The van der Waals surface area contributed by atoms with Crippen molar-refractivity contribution in [2.45, 2.75) is 31.2 Å². The third-order valence-corrected chi connectivity index (χ3v) is 7.44. The van der Waals surface area contributed by atoms with Crippen molar-refractivity contribution < 1.29 is 19.1 Å². The number of piperidine rings is 1. The van der Waals surface area contributed by atoms with Crippen LogP contribution in [0.15, 0.2) is 66.9 Å². The van der Waals surface area contributed by atoms with Crippen LogP contribution >= 0.6 is 0 Å². The van der Waals surface area contributed by atoms with Crippen LogP contribution in [0.2, 0.25) is 0 Å². The number of hydrogen-bond acceptors (Lipinski definition) is 6. The van der Waals surface area contributed by atoms with Crippen molar-refractivity contribution in [3.63, 3.8) is 0 Å². The highest BCUT2D eigenvalue weighted by Gasteiger charge is 2.38. The van der Waals surface area contributed by atoms with E-state index >= 15 is 0 Å². The number of likely N-dealkylation sites (tertiary alicyclic amines) is 1. The van der Waals surface area contributed by atoms with Crippen LogP contribution in [0.4, 0.5) is 4.39 Å². The van der Waals surface area contributed by atoms with Gasteiger partial charge in [0, 0.05) is 30.8 Å². The molecule has 1 saturated carbocycles. The quantitative estimate of drug-likeness (QED) is 0.283. The molecule has 1 aromatic heterocycles. The Hall–Kier alpha value is -3.33. The van der Waals surface area contributed by atoms with E-state index in [1.807, 2.05) is 12.1 Å². The third kappa shape index (κ3) is 6.71. The minimum Gasteiger partial charge on any atom is -0.476 e. The molecule has 2 fully saturated rings. The van der Waals surface area contributed by atoms with E-state index in [4.69, 9.17) is 9.94 Å². The van der Waals surface area contributed by atoms with Crippen LogP contribution in [0.1, 0.15) is 41.1 Å². The molecule has 2 aliphatic rings. The fraction of sp³-hybridized carbons (Fsp3) is 0.379. The Balaban J connectivity index is 0.976. The number of hydrogen-bond donors (Lipinski definition) is 3. The van der Waals surface area contributed by atoms with Crippen molar-refractivity contribution in [3.8, 4) is 17.0 Å². The summed E-state index contributed by atoms with van der Waals surface area (Å²) in [4.78, 5) is 17.9. The minimum atomic E-state index is -0.592. The Morgan fingerprint density at radius 2 is 1.73 bits per heavy atom. The molecule has 8 heteroatoms. The smallest absolute Gasteiger partial charge is 0.276 e. The summed E-state index contributed by atoms with van der Waals surface area (Å²) in [7, 11) is 0. The van der Waals surface area contributed by atoms with E-state index in [2.05, 4.69) is 39.5 Å². The first-order chi connectivity index (χ1) is 18.1. The zero-order valence-corrected chi connectivity index (χ0v) is 20.8. The first-order valence-electron chi connectivity index (χ1n) is 12.9. The van der Waals surface area contributed by atoms with E-state index in [-0.39, 0.29) is 11.4 Å². The molecule has 2 heterocycles. The number of hydroxylamine groups is 1. The second kappa shape index (κ2) is 11.8. The van der Waals surface area contributed by atoms with E-state index in [0.29, 0.717) is 30.4 Å². The summed E-state index contributed by atoms with van der Waals surface area (Å²) in [5, 5.41) is 12.4. The number of rotatable bonds is 10. The Morgan fingerprint density at radius 3 is 2.38 bits per heavy atom. The summed E-state index contributed by atoms with van der Waals surface area (Å²) in [6.07, 6.45) is 4.93. The molecule has 5 rings (SSSR count). The summed E-state index contributed by atoms with van der Waals surface area (Å²) < 4.78 is 18.9. The van der Waals surface area contributed by atoms with Crippen LogP contribution in [0.5, 0.6) is 5.88 Å². The molecule has 194 valence electrons. The Kier molecular flexibility index (Phi) is 8.08. The Bertz CT molecular complexity index is 1160. The van der Waals surface area contributed by atoms with Crippen molar-refractivity contribution in [2.75, 3.05) is 32.8 Å². The lowest BCUT2D eigenvalue weighted by molar-refractivity contribution is 0.0706. The number of aromatic nitrogens is 1. The Labute approximate surface area is 216 Å². The summed E-state index contributed by atoms with van der Waals surface area (Å²) in [5.41, 5.74) is 5.40. The van der Waals surface area contributed by atoms with Crippen molar-refractivity contribution in [1.29, 1.82) is 0 Å². The molecule has 3 aromatic rings. The molecule has 2 atom stereocenters. The van der Waals surface area contributed by atoms with E-state index in [1.165, 1.54) is 43.2 Å². The van der Waals surface area contributed by atoms with Gasteiger partial charge in [0.2, 0.25) is 5.88 Å². The number of benzene rings is 2. The zero-order valence-electron chi connectivity index (χ0n) is 20.8. The third-order valence-electron chi connectivity index (χ3n) is 7.44. The van der Waals surface area contributed by atoms with Gasteiger partial charge < -0.3 is 10.1 Å². The fourth-order valence-corrected chi connectivity index (χ4v) is 5.03. The molecule has 1 aliphatic carbocycles. The van der Waals surface area contributed by atoms with Gasteiger partial charge in [0.15, 0.2) is 0 Å². The van der Waals surface area contributed by atoms with E-state index in [9.17, 15) is 9.18 Å². The van der Waals surface area contributed by atoms with Gasteiger partial charge in [-0.15, -0.1) is 0 Å². The summed E-state index contributed by atoms with van der Waals surface area (Å²) in [6, 6.07) is 19.1. The lowest BCUT2D eigenvalue weighted by Crippen LogP contribution is -2.39. The fourth-order valence-electron chi connectivity index (χ4n) is 5.03. The Morgan fingerprint density at radius 1 is 1.03 bits per heavy atom. The second-order valence-electron chi connectivity index (χ2n) is 9.95. The lowest BCUT2D eigenvalue weighted by Gasteiger charge is -2.32. The number of amides is 1. The summed E-state index contributed by atoms with van der Waals surface area (Å²) in [6.45, 7) is 4.59. The van der Waals surface area contributed by atoms with Gasteiger partial charge in [-0.25, -0.2) is 14.9 Å². The number of carbonyl (C=O) groups excluding carboxylic acids is 1. The van der Waals surface area contributed by atoms with E-state index in [1.54, 1.807) is 17.6 Å². The lowest BCUT2D eigenvalue weighted by atomic mass is 9.96. The van der Waals surface area contributed by atoms with E-state index < -0.39 is 5.91 Å². The molecule has 2 aromatic carbocycles. The van der Waals surface area contributed by atoms with E-state index in [0.717, 1.165) is 37.3 Å². The predicted molar refractivity (Wildman–Crippen MR) is 139 cm³/mol. The average Bonchev–Trinajstić information content (AvgIpc) is 3.73. The van der Waals surface area contributed by atoms with Gasteiger partial charge >= 0.3 is 0 Å². The van der Waals surface area contributed by atoms with Crippen molar-refractivity contribution >= 4 is 5.91 Å². The molecule has 1 saturated heterocycles. The average molecular weight is 505 g/mol. The molecule has 0 bridgehead atoms. The van der Waals surface area contributed by atoms with Crippen LogP contribution < -0.4 is 15.5 Å². The molecule has 0 radical (unpaired) electrons. The largest absolute Gasteiger partial charge is 0.476 e. The standard InChI is InChI=1S/C29H33FN4O3/c30-25-8-5-22(6-9-25)21-1-3-23(4-2-21)26-17-27(26)31-18-20-11-13-34(14-12-20)15-16-37-28-10-7-24(19-32-28)29(35)33-36/h1-10,19-20,26-27,31,36H,11-18H2,(H,33,35).